The van der Waals surface area contributed by atoms with E-state index in [2.05, 4.69) is 39.4 Å². The van der Waals surface area contributed by atoms with Crippen molar-refractivity contribution in [2.24, 2.45) is 0 Å². The summed E-state index contributed by atoms with van der Waals surface area (Å²) in [5, 5.41) is 6.58. The fraction of sp³-hybridized carbons (Fsp3) is 0.500. The number of hydrogen-bond donors (Lipinski definition) is 1. The summed E-state index contributed by atoms with van der Waals surface area (Å²) in [6, 6.07) is 5.92. The Kier molecular flexibility index (Phi) is 6.79. The molecule has 0 spiro atoms. The Hall–Kier alpha value is -1.30. The highest BCUT2D eigenvalue weighted by atomic mass is 32.1. The summed E-state index contributed by atoms with van der Waals surface area (Å²) in [7, 11) is 0. The standard InChI is InChI=1S/C16H24N4S/c1-3-20(4-2)11-7-9-17-12-14-13-21-16(19-14)15-8-5-6-10-18-15/h5-6,8,10,13,17H,3-4,7,9,11-12H2,1-2H3. The first-order valence-electron chi connectivity index (χ1n) is 7.62. The SMILES string of the molecule is CCN(CC)CCCNCc1csc(-c2ccccn2)n1. The number of pyridine rings is 1. The molecule has 0 atom stereocenters. The van der Waals surface area contributed by atoms with Crippen LogP contribution in [-0.2, 0) is 6.54 Å². The summed E-state index contributed by atoms with van der Waals surface area (Å²) in [6.07, 6.45) is 2.99. The summed E-state index contributed by atoms with van der Waals surface area (Å²) < 4.78 is 0. The van der Waals surface area contributed by atoms with Crippen molar-refractivity contribution in [2.45, 2.75) is 26.8 Å². The molecule has 2 aromatic heterocycles. The Morgan fingerprint density at radius 3 is 2.81 bits per heavy atom. The molecule has 21 heavy (non-hydrogen) atoms. The van der Waals surface area contributed by atoms with Crippen molar-refractivity contribution in [1.82, 2.24) is 20.2 Å². The van der Waals surface area contributed by atoms with E-state index in [-0.39, 0.29) is 0 Å². The van der Waals surface area contributed by atoms with Gasteiger partial charge in [-0.25, -0.2) is 4.98 Å². The van der Waals surface area contributed by atoms with Crippen molar-refractivity contribution in [3.8, 4) is 10.7 Å². The molecule has 0 aliphatic rings. The van der Waals surface area contributed by atoms with Crippen molar-refractivity contribution in [1.29, 1.82) is 0 Å². The zero-order chi connectivity index (χ0) is 14.9. The third-order valence-electron chi connectivity index (χ3n) is 3.46. The smallest absolute Gasteiger partial charge is 0.142 e. The van der Waals surface area contributed by atoms with Gasteiger partial charge in [0.15, 0.2) is 0 Å². The van der Waals surface area contributed by atoms with Crippen LogP contribution in [0, 0.1) is 0 Å². The van der Waals surface area contributed by atoms with E-state index >= 15 is 0 Å². The van der Waals surface area contributed by atoms with Crippen LogP contribution in [0.4, 0.5) is 0 Å². The lowest BCUT2D eigenvalue weighted by atomic mass is 10.3. The Morgan fingerprint density at radius 1 is 1.24 bits per heavy atom. The highest BCUT2D eigenvalue weighted by Crippen LogP contribution is 2.21. The van der Waals surface area contributed by atoms with Crippen LogP contribution in [-0.4, -0.2) is 41.0 Å². The molecule has 0 aliphatic heterocycles. The number of nitrogens with zero attached hydrogens (tertiary/aromatic N) is 3. The second-order valence-corrected chi connectivity index (χ2v) is 5.77. The molecule has 0 unspecified atom stereocenters. The average molecular weight is 304 g/mol. The van der Waals surface area contributed by atoms with Crippen LogP contribution < -0.4 is 5.32 Å². The van der Waals surface area contributed by atoms with Crippen LogP contribution in [0.5, 0.6) is 0 Å². The second kappa shape index (κ2) is 8.87. The van der Waals surface area contributed by atoms with Gasteiger partial charge in [-0.05, 0) is 44.7 Å². The molecule has 5 heteroatoms. The predicted octanol–water partition coefficient (Wildman–Crippen LogP) is 3.03. The molecule has 0 saturated carbocycles. The summed E-state index contributed by atoms with van der Waals surface area (Å²) in [6.45, 7) is 9.73. The van der Waals surface area contributed by atoms with Gasteiger partial charge in [0.2, 0.25) is 0 Å². The first kappa shape index (κ1) is 16.1. The van der Waals surface area contributed by atoms with Crippen molar-refractivity contribution in [3.63, 3.8) is 0 Å². The number of thiazole rings is 1. The van der Waals surface area contributed by atoms with E-state index in [1.54, 1.807) is 11.3 Å². The van der Waals surface area contributed by atoms with Gasteiger partial charge in [0, 0.05) is 18.1 Å². The molecule has 2 rings (SSSR count). The topological polar surface area (TPSA) is 41.0 Å². The number of hydrogen-bond acceptors (Lipinski definition) is 5. The molecule has 114 valence electrons. The predicted molar refractivity (Wildman–Crippen MR) is 89.5 cm³/mol. The van der Waals surface area contributed by atoms with Gasteiger partial charge in [0.1, 0.15) is 5.01 Å². The molecule has 0 amide bonds. The molecule has 0 bridgehead atoms. The monoisotopic (exact) mass is 304 g/mol. The van der Waals surface area contributed by atoms with Gasteiger partial charge in [-0.15, -0.1) is 11.3 Å². The maximum Gasteiger partial charge on any atom is 0.142 e. The normalized spacial score (nSPS) is 11.2. The van der Waals surface area contributed by atoms with Crippen LogP contribution in [0.2, 0.25) is 0 Å². The molecule has 2 heterocycles. The molecule has 0 fully saturated rings. The maximum absolute atomic E-state index is 4.63. The summed E-state index contributed by atoms with van der Waals surface area (Å²) >= 11 is 1.66. The lowest BCUT2D eigenvalue weighted by Gasteiger charge is -2.17. The molecule has 0 saturated heterocycles. The van der Waals surface area contributed by atoms with E-state index in [0.29, 0.717) is 0 Å². The van der Waals surface area contributed by atoms with Gasteiger partial charge in [0.25, 0.3) is 0 Å². The molecular weight excluding hydrogens is 280 g/mol. The lowest BCUT2D eigenvalue weighted by molar-refractivity contribution is 0.298. The fourth-order valence-corrected chi connectivity index (χ4v) is 2.97. The van der Waals surface area contributed by atoms with E-state index in [9.17, 15) is 0 Å². The first-order valence-corrected chi connectivity index (χ1v) is 8.50. The molecule has 0 aromatic carbocycles. The first-order chi connectivity index (χ1) is 10.3. The molecule has 0 aliphatic carbocycles. The minimum atomic E-state index is 0.835. The van der Waals surface area contributed by atoms with Gasteiger partial charge >= 0.3 is 0 Å². The van der Waals surface area contributed by atoms with Crippen LogP contribution in [0.1, 0.15) is 26.0 Å². The lowest BCUT2D eigenvalue weighted by Crippen LogP contribution is -2.27. The van der Waals surface area contributed by atoms with Crippen LogP contribution in [0.25, 0.3) is 10.7 Å². The summed E-state index contributed by atoms with van der Waals surface area (Å²) in [5.74, 6) is 0. The number of aromatic nitrogens is 2. The van der Waals surface area contributed by atoms with Crippen molar-refractivity contribution < 1.29 is 0 Å². The van der Waals surface area contributed by atoms with Crippen molar-refractivity contribution in [2.75, 3.05) is 26.2 Å². The third-order valence-corrected chi connectivity index (χ3v) is 4.38. The van der Waals surface area contributed by atoms with E-state index in [1.807, 2.05) is 24.4 Å². The average Bonchev–Trinajstić information content (AvgIpc) is 3.01. The van der Waals surface area contributed by atoms with Crippen LogP contribution in [0.3, 0.4) is 0 Å². The van der Waals surface area contributed by atoms with E-state index in [4.69, 9.17) is 0 Å². The van der Waals surface area contributed by atoms with Gasteiger partial charge in [-0.3, -0.25) is 4.98 Å². The van der Waals surface area contributed by atoms with Crippen molar-refractivity contribution >= 4 is 11.3 Å². The summed E-state index contributed by atoms with van der Waals surface area (Å²) in [5.41, 5.74) is 2.05. The van der Waals surface area contributed by atoms with E-state index in [0.717, 1.165) is 49.1 Å². The van der Waals surface area contributed by atoms with Gasteiger partial charge in [0.05, 0.1) is 11.4 Å². The van der Waals surface area contributed by atoms with Crippen LogP contribution in [0.15, 0.2) is 29.8 Å². The second-order valence-electron chi connectivity index (χ2n) is 4.92. The van der Waals surface area contributed by atoms with Crippen LogP contribution >= 0.6 is 11.3 Å². The van der Waals surface area contributed by atoms with E-state index < -0.39 is 0 Å². The quantitative estimate of drug-likeness (QED) is 0.723. The Morgan fingerprint density at radius 2 is 2.10 bits per heavy atom. The zero-order valence-corrected chi connectivity index (χ0v) is 13.7. The molecule has 1 N–H and O–H groups in total. The van der Waals surface area contributed by atoms with Gasteiger partial charge < -0.3 is 10.2 Å². The Balaban J connectivity index is 1.71. The Bertz CT molecular complexity index is 508. The minimum Gasteiger partial charge on any atom is -0.311 e. The maximum atomic E-state index is 4.63. The highest BCUT2D eigenvalue weighted by Gasteiger charge is 2.05. The highest BCUT2D eigenvalue weighted by molar-refractivity contribution is 7.13. The summed E-state index contributed by atoms with van der Waals surface area (Å²) in [4.78, 5) is 11.4. The zero-order valence-electron chi connectivity index (χ0n) is 12.9. The number of rotatable bonds is 9. The fourth-order valence-electron chi connectivity index (χ4n) is 2.18. The molecule has 4 nitrogen and oxygen atoms in total. The molecular formula is C16H24N4S. The Labute approximate surface area is 131 Å². The van der Waals surface area contributed by atoms with Crippen molar-refractivity contribution in [3.05, 3.63) is 35.5 Å². The van der Waals surface area contributed by atoms with E-state index in [1.165, 1.54) is 6.42 Å². The third kappa shape index (κ3) is 5.19. The number of nitrogens with one attached hydrogen (secondary N) is 1. The molecule has 2 aromatic rings. The molecule has 0 radical (unpaired) electrons. The van der Waals surface area contributed by atoms with Gasteiger partial charge in [-0.2, -0.15) is 0 Å². The minimum absolute atomic E-state index is 0.835. The largest absolute Gasteiger partial charge is 0.311 e. The van der Waals surface area contributed by atoms with Gasteiger partial charge in [-0.1, -0.05) is 19.9 Å².